The van der Waals surface area contributed by atoms with E-state index in [1.54, 1.807) is 0 Å². The lowest BCUT2D eigenvalue weighted by Gasteiger charge is -2.27. The van der Waals surface area contributed by atoms with E-state index in [4.69, 9.17) is 15.3 Å². The average molecular weight is 228 g/mol. The van der Waals surface area contributed by atoms with Crippen LogP contribution in [0.25, 0.3) is 0 Å². The number of aliphatic hydroxyl groups is 1. The molecule has 0 aromatic carbocycles. The van der Waals surface area contributed by atoms with E-state index in [0.29, 0.717) is 24.5 Å². The Morgan fingerprint density at radius 2 is 2.06 bits per heavy atom. The first kappa shape index (κ1) is 12.9. The van der Waals surface area contributed by atoms with Crippen molar-refractivity contribution in [3.63, 3.8) is 0 Å². The zero-order valence-corrected chi connectivity index (χ0v) is 9.89. The summed E-state index contributed by atoms with van der Waals surface area (Å²) in [6.07, 6.45) is 1.94. The van der Waals surface area contributed by atoms with Crippen molar-refractivity contribution in [1.82, 2.24) is 10.2 Å². The molecule has 0 radical (unpaired) electrons. The van der Waals surface area contributed by atoms with Gasteiger partial charge in [0, 0.05) is 12.6 Å². The Labute approximate surface area is 95.4 Å². The summed E-state index contributed by atoms with van der Waals surface area (Å²) in [5.41, 5.74) is 5.41. The van der Waals surface area contributed by atoms with Gasteiger partial charge in [0.05, 0.1) is 13.2 Å². The Morgan fingerprint density at radius 1 is 1.38 bits per heavy atom. The highest BCUT2D eigenvalue weighted by Gasteiger charge is 2.20. The molecule has 16 heavy (non-hydrogen) atoms. The molecule has 0 aliphatic carbocycles. The van der Waals surface area contributed by atoms with Crippen LogP contribution in [-0.4, -0.2) is 34.5 Å². The van der Waals surface area contributed by atoms with Gasteiger partial charge in [-0.2, -0.15) is 0 Å². The van der Waals surface area contributed by atoms with Gasteiger partial charge >= 0.3 is 6.01 Å². The number of anilines is 1. The standard InChI is InChI=1S/C10H20N4O2/c1-3-8(4-2)14(5-6-15)10-13-12-9(7-11)16-10/h8,15H,3-7,11H2,1-2H3. The van der Waals surface area contributed by atoms with Gasteiger partial charge < -0.3 is 20.2 Å². The molecule has 0 aliphatic rings. The van der Waals surface area contributed by atoms with Crippen molar-refractivity contribution < 1.29 is 9.52 Å². The minimum absolute atomic E-state index is 0.0663. The van der Waals surface area contributed by atoms with Gasteiger partial charge in [-0.1, -0.05) is 18.9 Å². The van der Waals surface area contributed by atoms with Gasteiger partial charge in [-0.05, 0) is 12.8 Å². The van der Waals surface area contributed by atoms with Crippen LogP contribution in [0.15, 0.2) is 4.42 Å². The van der Waals surface area contributed by atoms with Crippen molar-refractivity contribution in [2.45, 2.75) is 39.3 Å². The lowest BCUT2D eigenvalue weighted by Crippen LogP contribution is -2.37. The molecule has 0 saturated heterocycles. The molecular weight excluding hydrogens is 208 g/mol. The Kier molecular flexibility index (Phi) is 5.21. The summed E-state index contributed by atoms with van der Waals surface area (Å²) in [5, 5.41) is 16.8. The van der Waals surface area contributed by atoms with Gasteiger partial charge in [-0.15, -0.1) is 5.10 Å². The van der Waals surface area contributed by atoms with E-state index < -0.39 is 0 Å². The number of nitrogens with two attached hydrogens (primary N) is 1. The van der Waals surface area contributed by atoms with E-state index in [0.717, 1.165) is 12.8 Å². The first-order valence-electron chi connectivity index (χ1n) is 5.66. The molecule has 1 heterocycles. The van der Waals surface area contributed by atoms with Crippen LogP contribution in [0.3, 0.4) is 0 Å². The SMILES string of the molecule is CCC(CC)N(CCO)c1nnc(CN)o1. The minimum Gasteiger partial charge on any atom is -0.407 e. The molecule has 0 amide bonds. The fourth-order valence-corrected chi connectivity index (χ4v) is 1.71. The Balaban J connectivity index is 2.82. The molecule has 0 atom stereocenters. The number of nitrogens with zero attached hydrogens (tertiary/aromatic N) is 3. The van der Waals surface area contributed by atoms with Gasteiger partial charge in [0.2, 0.25) is 5.89 Å². The largest absolute Gasteiger partial charge is 0.407 e. The maximum atomic E-state index is 9.05. The zero-order valence-electron chi connectivity index (χ0n) is 9.89. The fraction of sp³-hybridized carbons (Fsp3) is 0.800. The molecular formula is C10H20N4O2. The van der Waals surface area contributed by atoms with E-state index >= 15 is 0 Å². The molecule has 1 rings (SSSR count). The van der Waals surface area contributed by atoms with Crippen LogP contribution in [0.4, 0.5) is 6.01 Å². The van der Waals surface area contributed by atoms with Crippen LogP contribution in [0.1, 0.15) is 32.6 Å². The minimum atomic E-state index is 0.0663. The lowest BCUT2D eigenvalue weighted by molar-refractivity contribution is 0.290. The molecule has 0 unspecified atom stereocenters. The highest BCUT2D eigenvalue weighted by molar-refractivity contribution is 5.26. The third-order valence-electron chi connectivity index (χ3n) is 2.60. The number of rotatable bonds is 7. The molecule has 3 N–H and O–H groups in total. The first-order chi connectivity index (χ1) is 7.76. The van der Waals surface area contributed by atoms with E-state index in [1.165, 1.54) is 0 Å². The normalized spacial score (nSPS) is 11.1. The van der Waals surface area contributed by atoms with Crippen LogP contribution in [0.2, 0.25) is 0 Å². The summed E-state index contributed by atoms with van der Waals surface area (Å²) in [6, 6.07) is 0.751. The second-order valence-electron chi connectivity index (χ2n) is 3.57. The first-order valence-corrected chi connectivity index (χ1v) is 5.66. The highest BCUT2D eigenvalue weighted by Crippen LogP contribution is 2.18. The summed E-state index contributed by atoms with van der Waals surface area (Å²) >= 11 is 0. The second kappa shape index (κ2) is 6.44. The number of aromatic nitrogens is 2. The summed E-state index contributed by atoms with van der Waals surface area (Å²) in [7, 11) is 0. The quantitative estimate of drug-likeness (QED) is 0.707. The molecule has 6 heteroatoms. The van der Waals surface area contributed by atoms with Gasteiger partial charge in [-0.25, -0.2) is 0 Å². The molecule has 92 valence electrons. The van der Waals surface area contributed by atoms with Crippen LogP contribution in [0.5, 0.6) is 0 Å². The van der Waals surface area contributed by atoms with Gasteiger partial charge in [0.15, 0.2) is 0 Å². The lowest BCUT2D eigenvalue weighted by atomic mass is 10.1. The molecule has 0 spiro atoms. The monoisotopic (exact) mass is 228 g/mol. The fourth-order valence-electron chi connectivity index (χ4n) is 1.71. The van der Waals surface area contributed by atoms with Gasteiger partial charge in [-0.3, -0.25) is 0 Å². The van der Waals surface area contributed by atoms with Crippen LogP contribution < -0.4 is 10.6 Å². The van der Waals surface area contributed by atoms with E-state index in [9.17, 15) is 0 Å². The van der Waals surface area contributed by atoms with Crippen molar-refractivity contribution in [2.75, 3.05) is 18.1 Å². The molecule has 1 aromatic heterocycles. The maximum absolute atomic E-state index is 9.05. The summed E-state index contributed by atoms with van der Waals surface area (Å²) < 4.78 is 5.40. The summed E-state index contributed by atoms with van der Waals surface area (Å²) in [6.45, 7) is 5.00. The van der Waals surface area contributed by atoms with Crippen molar-refractivity contribution in [3.05, 3.63) is 5.89 Å². The molecule has 0 fully saturated rings. The second-order valence-corrected chi connectivity index (χ2v) is 3.57. The predicted octanol–water partition coefficient (Wildman–Crippen LogP) is 0.516. The zero-order chi connectivity index (χ0) is 12.0. The number of hydrogen-bond acceptors (Lipinski definition) is 6. The van der Waals surface area contributed by atoms with Crippen LogP contribution in [-0.2, 0) is 6.54 Å². The van der Waals surface area contributed by atoms with Crippen molar-refractivity contribution in [2.24, 2.45) is 5.73 Å². The Bertz CT molecular complexity index is 299. The molecule has 0 saturated carbocycles. The van der Waals surface area contributed by atoms with Crippen molar-refractivity contribution in [1.29, 1.82) is 0 Å². The molecule has 1 aromatic rings. The summed E-state index contributed by atoms with van der Waals surface area (Å²) in [4.78, 5) is 1.94. The molecule has 0 aliphatic heterocycles. The van der Waals surface area contributed by atoms with Crippen LogP contribution in [0, 0.1) is 0 Å². The third-order valence-corrected chi connectivity index (χ3v) is 2.60. The highest BCUT2D eigenvalue weighted by atomic mass is 16.4. The van der Waals surface area contributed by atoms with Crippen LogP contribution >= 0.6 is 0 Å². The predicted molar refractivity (Wildman–Crippen MR) is 61.0 cm³/mol. The molecule has 6 nitrogen and oxygen atoms in total. The van der Waals surface area contributed by atoms with Gasteiger partial charge in [0.25, 0.3) is 0 Å². The summed E-state index contributed by atoms with van der Waals surface area (Å²) in [5.74, 6) is 0.420. The van der Waals surface area contributed by atoms with E-state index in [-0.39, 0.29) is 13.2 Å². The van der Waals surface area contributed by atoms with E-state index in [1.807, 2.05) is 4.90 Å². The van der Waals surface area contributed by atoms with E-state index in [2.05, 4.69) is 24.0 Å². The Hall–Kier alpha value is -1.14. The third kappa shape index (κ3) is 2.93. The average Bonchev–Trinajstić information content (AvgIpc) is 2.77. The number of hydrogen-bond donors (Lipinski definition) is 2. The number of aliphatic hydroxyl groups excluding tert-OH is 1. The molecule has 0 bridgehead atoms. The van der Waals surface area contributed by atoms with Crippen molar-refractivity contribution >= 4 is 6.01 Å². The smallest absolute Gasteiger partial charge is 0.318 e. The van der Waals surface area contributed by atoms with Gasteiger partial charge in [0.1, 0.15) is 0 Å². The maximum Gasteiger partial charge on any atom is 0.318 e. The van der Waals surface area contributed by atoms with Crippen molar-refractivity contribution in [3.8, 4) is 0 Å². The Morgan fingerprint density at radius 3 is 2.50 bits per heavy atom. The topological polar surface area (TPSA) is 88.4 Å².